The maximum Gasteiger partial charge on any atom is 0.141 e. The van der Waals surface area contributed by atoms with Crippen LogP contribution in [0.4, 0.5) is 10.2 Å². The quantitative estimate of drug-likeness (QED) is 0.0547. The fraction of sp³-hybridized carbons (Fsp3) is 0.481. The molecule has 0 spiro atoms. The first kappa shape index (κ1) is 32.3. The summed E-state index contributed by atoms with van der Waals surface area (Å²) in [5.41, 5.74) is 21.3. The number of hydrogen-bond donors (Lipinski definition) is 5. The van der Waals surface area contributed by atoms with Gasteiger partial charge in [-0.2, -0.15) is 11.8 Å². The molecule has 0 radical (unpaired) electrons. The highest BCUT2D eigenvalue weighted by molar-refractivity contribution is 7.99. The number of nitrogens with zero attached hydrogens (tertiary/aromatic N) is 1. The molecule has 1 unspecified atom stereocenters. The van der Waals surface area contributed by atoms with Crippen LogP contribution in [0.3, 0.4) is 0 Å². The number of hydrogen-bond acceptors (Lipinski definition) is 6. The SMILES string of the molecule is CC(C)=CCC/C(C)=C/CC/C(=C/CSCC(Nc1ccc(F)cn1)C(=N)N)CC=C(C)C.N=N. The molecule has 1 aromatic heterocycles. The molecule has 0 aliphatic heterocycles. The van der Waals surface area contributed by atoms with Crippen molar-refractivity contribution in [2.75, 3.05) is 16.8 Å². The third kappa shape index (κ3) is 17.4. The van der Waals surface area contributed by atoms with Crippen LogP contribution >= 0.6 is 11.8 Å². The van der Waals surface area contributed by atoms with E-state index in [4.69, 9.17) is 22.2 Å². The molecule has 1 aromatic rings. The van der Waals surface area contributed by atoms with Crippen LogP contribution in [0.2, 0.25) is 0 Å². The average molecular weight is 503 g/mol. The van der Waals surface area contributed by atoms with Gasteiger partial charge in [0.2, 0.25) is 0 Å². The van der Waals surface area contributed by atoms with E-state index in [0.717, 1.165) is 44.1 Å². The van der Waals surface area contributed by atoms with Gasteiger partial charge in [-0.3, -0.25) is 5.41 Å². The summed E-state index contributed by atoms with van der Waals surface area (Å²) in [7, 11) is 0. The largest absolute Gasteiger partial charge is 0.386 e. The van der Waals surface area contributed by atoms with Crippen molar-refractivity contribution in [1.82, 2.24) is 4.98 Å². The summed E-state index contributed by atoms with van der Waals surface area (Å²) in [5, 5.41) is 11.0. The molecular weight excluding hydrogens is 459 g/mol. The van der Waals surface area contributed by atoms with E-state index < -0.39 is 0 Å². The van der Waals surface area contributed by atoms with Crippen LogP contribution in [0, 0.1) is 22.3 Å². The number of amidine groups is 1. The Bertz CT molecular complexity index is 866. The van der Waals surface area contributed by atoms with Crippen LogP contribution in [-0.2, 0) is 0 Å². The second-order valence-corrected chi connectivity index (χ2v) is 9.88. The van der Waals surface area contributed by atoms with Gasteiger partial charge in [0, 0.05) is 11.5 Å². The molecule has 1 atom stereocenters. The fourth-order valence-electron chi connectivity index (χ4n) is 3.03. The van der Waals surface area contributed by atoms with Gasteiger partial charge in [0.1, 0.15) is 17.5 Å². The summed E-state index contributed by atoms with van der Waals surface area (Å²) < 4.78 is 13.1. The molecule has 1 heterocycles. The first-order chi connectivity index (χ1) is 16.7. The van der Waals surface area contributed by atoms with Crippen molar-refractivity contribution >= 4 is 23.4 Å². The van der Waals surface area contributed by atoms with Gasteiger partial charge in [0.25, 0.3) is 0 Å². The Morgan fingerprint density at radius 1 is 1.03 bits per heavy atom. The van der Waals surface area contributed by atoms with E-state index in [2.05, 4.69) is 69.2 Å². The number of allylic oxidation sites excluding steroid dienone is 7. The van der Waals surface area contributed by atoms with Crippen LogP contribution in [0.15, 0.2) is 64.9 Å². The van der Waals surface area contributed by atoms with Gasteiger partial charge in [-0.15, -0.1) is 0 Å². The number of anilines is 1. The van der Waals surface area contributed by atoms with Crippen molar-refractivity contribution in [2.24, 2.45) is 5.73 Å². The zero-order chi connectivity index (χ0) is 26.6. The molecule has 0 aliphatic rings. The lowest BCUT2D eigenvalue weighted by molar-refractivity contribution is 0.621. The third-order valence-electron chi connectivity index (χ3n) is 5.02. The maximum absolute atomic E-state index is 13.1. The van der Waals surface area contributed by atoms with Gasteiger partial charge in [0.15, 0.2) is 0 Å². The van der Waals surface area contributed by atoms with Crippen LogP contribution in [0.25, 0.3) is 0 Å². The lowest BCUT2D eigenvalue weighted by Crippen LogP contribution is -2.37. The Morgan fingerprint density at radius 2 is 1.69 bits per heavy atom. The lowest BCUT2D eigenvalue weighted by atomic mass is 10.0. The summed E-state index contributed by atoms with van der Waals surface area (Å²) in [4.78, 5) is 4.00. The Balaban J connectivity index is 0.00000562. The summed E-state index contributed by atoms with van der Waals surface area (Å²) in [6.45, 7) is 10.8. The number of rotatable bonds is 15. The first-order valence-electron chi connectivity index (χ1n) is 11.8. The van der Waals surface area contributed by atoms with Crippen molar-refractivity contribution in [2.45, 2.75) is 72.8 Å². The molecule has 0 fully saturated rings. The molecule has 0 aromatic carbocycles. The fourth-order valence-corrected chi connectivity index (χ4v) is 4.02. The standard InChI is InChI=1S/C27H41FN4S.H2N2/c1-20(2)8-6-9-22(5)10-7-11-23(13-12-21(3)4)16-17-33-19-25(27(29)30)32-26-15-14-24(28)18-31-26;1-2/h8,10,12,14-16,18,25H,6-7,9,11,13,17,19H2,1-5H3,(H3,29,30)(H,31,32);1-2H/b22-10+,23-16-;. The molecule has 1 rings (SSSR count). The van der Waals surface area contributed by atoms with Crippen LogP contribution in [0.1, 0.15) is 66.7 Å². The predicted molar refractivity (Wildman–Crippen MR) is 150 cm³/mol. The highest BCUT2D eigenvalue weighted by Crippen LogP contribution is 2.18. The Labute approximate surface area is 215 Å². The number of halogens is 1. The van der Waals surface area contributed by atoms with Crippen molar-refractivity contribution in [3.63, 3.8) is 0 Å². The molecule has 0 bridgehead atoms. The molecule has 0 aliphatic carbocycles. The molecule has 35 heavy (non-hydrogen) atoms. The van der Waals surface area contributed by atoms with Crippen molar-refractivity contribution in [1.29, 1.82) is 16.5 Å². The number of thioether (sulfide) groups is 1. The third-order valence-corrected chi connectivity index (χ3v) is 5.99. The minimum absolute atomic E-state index is 0.0519. The molecule has 0 amide bonds. The van der Waals surface area contributed by atoms with Gasteiger partial charge >= 0.3 is 0 Å². The average Bonchev–Trinajstić information content (AvgIpc) is 2.81. The van der Waals surface area contributed by atoms with Gasteiger partial charge in [-0.25, -0.2) is 20.4 Å². The number of pyridine rings is 1. The highest BCUT2D eigenvalue weighted by atomic mass is 32.2. The Morgan fingerprint density at radius 3 is 2.26 bits per heavy atom. The molecule has 6 N–H and O–H groups in total. The van der Waals surface area contributed by atoms with Gasteiger partial charge < -0.3 is 11.1 Å². The van der Waals surface area contributed by atoms with E-state index in [-0.39, 0.29) is 17.7 Å². The molecule has 194 valence electrons. The monoisotopic (exact) mass is 502 g/mol. The zero-order valence-corrected chi connectivity index (χ0v) is 22.7. The molecule has 0 saturated heterocycles. The lowest BCUT2D eigenvalue weighted by Gasteiger charge is -2.17. The van der Waals surface area contributed by atoms with E-state index in [1.165, 1.54) is 28.4 Å². The van der Waals surface area contributed by atoms with E-state index in [9.17, 15) is 4.39 Å². The molecule has 6 nitrogen and oxygen atoms in total. The van der Waals surface area contributed by atoms with Crippen molar-refractivity contribution in [3.8, 4) is 0 Å². The second kappa shape index (κ2) is 19.6. The maximum atomic E-state index is 13.1. The Kier molecular flexibility index (Phi) is 18.0. The zero-order valence-electron chi connectivity index (χ0n) is 21.9. The van der Waals surface area contributed by atoms with Gasteiger partial charge in [0.05, 0.1) is 12.2 Å². The molecule has 0 saturated carbocycles. The summed E-state index contributed by atoms with van der Waals surface area (Å²) in [6.07, 6.45) is 15.7. The summed E-state index contributed by atoms with van der Waals surface area (Å²) in [6, 6.07) is 2.56. The Hall–Kier alpha value is -2.74. The first-order valence-corrected chi connectivity index (χ1v) is 13.0. The molecular formula is C27H43FN6S. The van der Waals surface area contributed by atoms with Crippen molar-refractivity contribution < 1.29 is 4.39 Å². The summed E-state index contributed by atoms with van der Waals surface area (Å²) in [5.74, 6) is 1.68. The van der Waals surface area contributed by atoms with Crippen LogP contribution < -0.4 is 11.1 Å². The van der Waals surface area contributed by atoms with Crippen molar-refractivity contribution in [3.05, 3.63) is 70.7 Å². The normalized spacial score (nSPS) is 12.2. The predicted octanol–water partition coefficient (Wildman–Crippen LogP) is 8.02. The smallest absolute Gasteiger partial charge is 0.141 e. The molecule has 8 heteroatoms. The van der Waals surface area contributed by atoms with Crippen LogP contribution in [-0.4, -0.2) is 28.4 Å². The summed E-state index contributed by atoms with van der Waals surface area (Å²) >= 11 is 1.72. The minimum atomic E-state index is -0.388. The topological polar surface area (TPSA) is 122 Å². The van der Waals surface area contributed by atoms with Gasteiger partial charge in [-0.1, -0.05) is 46.6 Å². The number of aromatic nitrogens is 1. The highest BCUT2D eigenvalue weighted by Gasteiger charge is 2.12. The van der Waals surface area contributed by atoms with Gasteiger partial charge in [-0.05, 0) is 78.9 Å². The van der Waals surface area contributed by atoms with E-state index >= 15 is 0 Å². The number of nitrogens with two attached hydrogens (primary N) is 1. The van der Waals surface area contributed by atoms with E-state index in [1.807, 2.05) is 0 Å². The van der Waals surface area contributed by atoms with E-state index in [1.54, 1.807) is 17.8 Å². The number of nitrogens with one attached hydrogen (secondary N) is 4. The van der Waals surface area contributed by atoms with Crippen LogP contribution in [0.5, 0.6) is 0 Å². The second-order valence-electron chi connectivity index (χ2n) is 8.81. The van der Waals surface area contributed by atoms with E-state index in [0.29, 0.717) is 11.6 Å². The minimum Gasteiger partial charge on any atom is -0.386 e.